The summed E-state index contributed by atoms with van der Waals surface area (Å²) < 4.78 is 10.5. The van der Waals surface area contributed by atoms with E-state index in [0.29, 0.717) is 12.3 Å². The van der Waals surface area contributed by atoms with Gasteiger partial charge in [0.1, 0.15) is 17.2 Å². The number of ether oxygens (including phenoxy) is 1. The summed E-state index contributed by atoms with van der Waals surface area (Å²) >= 11 is 0. The molecule has 2 aromatic rings. The Hall–Kier alpha value is -1.81. The molecule has 0 aliphatic carbocycles. The number of nitrogens with two attached hydrogens (primary N) is 1. The van der Waals surface area contributed by atoms with Crippen molar-refractivity contribution in [1.29, 1.82) is 0 Å². The van der Waals surface area contributed by atoms with Gasteiger partial charge in [-0.25, -0.2) is 4.98 Å². The maximum atomic E-state index is 5.59. The number of benzene rings is 1. The van der Waals surface area contributed by atoms with Gasteiger partial charge >= 0.3 is 0 Å². The molecule has 2 N–H and O–H groups in total. The molecule has 0 radical (unpaired) electrons. The van der Waals surface area contributed by atoms with E-state index in [9.17, 15) is 0 Å². The Kier molecular flexibility index (Phi) is 2.92. The molecule has 1 aromatic carbocycles. The minimum absolute atomic E-state index is 0.326. The third-order valence-electron chi connectivity index (χ3n) is 2.44. The number of aromatic nitrogens is 1. The lowest BCUT2D eigenvalue weighted by atomic mass is 10.1. The van der Waals surface area contributed by atoms with Crippen LogP contribution in [0.5, 0.6) is 5.75 Å². The first kappa shape index (κ1) is 10.7. The van der Waals surface area contributed by atoms with Gasteiger partial charge in [0.2, 0.25) is 0 Å². The molecule has 0 aliphatic rings. The largest absolute Gasteiger partial charge is 0.496 e. The summed E-state index contributed by atoms with van der Waals surface area (Å²) in [6.45, 7) is 2.34. The number of aryl methyl sites for hydroxylation is 1. The molecule has 0 saturated carbocycles. The normalized spacial score (nSPS) is 10.4. The summed E-state index contributed by atoms with van der Waals surface area (Å²) in [4.78, 5) is 4.18. The van der Waals surface area contributed by atoms with Crippen LogP contribution >= 0.6 is 0 Å². The molecule has 0 amide bonds. The van der Waals surface area contributed by atoms with E-state index in [1.54, 1.807) is 7.11 Å². The third-order valence-corrected chi connectivity index (χ3v) is 2.44. The van der Waals surface area contributed by atoms with Gasteiger partial charge in [0.05, 0.1) is 13.7 Å². The number of methoxy groups -OCH3 is 1. The minimum atomic E-state index is 0.326. The van der Waals surface area contributed by atoms with E-state index >= 15 is 0 Å². The molecule has 0 bridgehead atoms. The monoisotopic (exact) mass is 218 g/mol. The fraction of sp³-hybridized carbons (Fsp3) is 0.250. The van der Waals surface area contributed by atoms with Crippen LogP contribution in [0.3, 0.4) is 0 Å². The van der Waals surface area contributed by atoms with Crippen LogP contribution in [0.2, 0.25) is 0 Å². The highest BCUT2D eigenvalue weighted by Crippen LogP contribution is 2.31. The van der Waals surface area contributed by atoms with Gasteiger partial charge in [0, 0.05) is 5.56 Å². The summed E-state index contributed by atoms with van der Waals surface area (Å²) in [5.74, 6) is 1.44. The SMILES string of the molecule is COc1ccc(C)cc1-c1ncoc1CN. The predicted octanol–water partition coefficient (Wildman–Crippen LogP) is 2.12. The van der Waals surface area contributed by atoms with Gasteiger partial charge in [-0.2, -0.15) is 0 Å². The zero-order valence-corrected chi connectivity index (χ0v) is 9.36. The molecule has 0 spiro atoms. The average Bonchev–Trinajstić information content (AvgIpc) is 2.76. The molecule has 0 unspecified atom stereocenters. The minimum Gasteiger partial charge on any atom is -0.496 e. The van der Waals surface area contributed by atoms with Gasteiger partial charge in [-0.15, -0.1) is 0 Å². The Morgan fingerprint density at radius 3 is 2.94 bits per heavy atom. The second kappa shape index (κ2) is 4.37. The van der Waals surface area contributed by atoms with Crippen LogP contribution in [0.15, 0.2) is 29.0 Å². The highest BCUT2D eigenvalue weighted by molar-refractivity contribution is 5.69. The van der Waals surface area contributed by atoms with E-state index in [-0.39, 0.29) is 0 Å². The Morgan fingerprint density at radius 2 is 2.25 bits per heavy atom. The number of hydrogen-bond donors (Lipinski definition) is 1. The van der Waals surface area contributed by atoms with Gasteiger partial charge in [0.25, 0.3) is 0 Å². The molecule has 0 atom stereocenters. The van der Waals surface area contributed by atoms with E-state index < -0.39 is 0 Å². The molecule has 4 heteroatoms. The first-order valence-corrected chi connectivity index (χ1v) is 5.03. The van der Waals surface area contributed by atoms with Gasteiger partial charge in [0.15, 0.2) is 6.39 Å². The van der Waals surface area contributed by atoms with Crippen molar-refractivity contribution < 1.29 is 9.15 Å². The summed E-state index contributed by atoms with van der Waals surface area (Å²) in [6.07, 6.45) is 1.40. The molecule has 0 saturated heterocycles. The van der Waals surface area contributed by atoms with Crippen LogP contribution in [0, 0.1) is 6.92 Å². The summed E-state index contributed by atoms with van der Waals surface area (Å²) in [7, 11) is 1.64. The molecular weight excluding hydrogens is 204 g/mol. The molecule has 0 aliphatic heterocycles. The maximum absolute atomic E-state index is 5.59. The zero-order valence-electron chi connectivity index (χ0n) is 9.36. The first-order valence-electron chi connectivity index (χ1n) is 5.03. The second-order valence-electron chi connectivity index (χ2n) is 3.53. The molecule has 1 aromatic heterocycles. The number of hydrogen-bond acceptors (Lipinski definition) is 4. The van der Waals surface area contributed by atoms with Crippen molar-refractivity contribution in [2.24, 2.45) is 5.73 Å². The number of nitrogens with zero attached hydrogens (tertiary/aromatic N) is 1. The quantitative estimate of drug-likeness (QED) is 0.857. The Labute approximate surface area is 94.1 Å². The first-order chi connectivity index (χ1) is 7.76. The van der Waals surface area contributed by atoms with Crippen LogP contribution < -0.4 is 10.5 Å². The zero-order chi connectivity index (χ0) is 11.5. The van der Waals surface area contributed by atoms with Crippen LogP contribution in [-0.4, -0.2) is 12.1 Å². The van der Waals surface area contributed by atoms with Crippen LogP contribution in [0.1, 0.15) is 11.3 Å². The van der Waals surface area contributed by atoms with Crippen molar-refractivity contribution in [3.8, 4) is 17.0 Å². The molecule has 4 nitrogen and oxygen atoms in total. The molecule has 0 fully saturated rings. The number of oxazole rings is 1. The molecule has 1 heterocycles. The van der Waals surface area contributed by atoms with Crippen LogP contribution in [0.4, 0.5) is 0 Å². The van der Waals surface area contributed by atoms with Crippen LogP contribution in [0.25, 0.3) is 11.3 Å². The molecule has 2 rings (SSSR count). The van der Waals surface area contributed by atoms with Gasteiger partial charge < -0.3 is 14.9 Å². The second-order valence-corrected chi connectivity index (χ2v) is 3.53. The van der Waals surface area contributed by atoms with Crippen LogP contribution in [-0.2, 0) is 6.54 Å². The van der Waals surface area contributed by atoms with Gasteiger partial charge in [-0.1, -0.05) is 11.6 Å². The fourth-order valence-electron chi connectivity index (χ4n) is 1.64. The maximum Gasteiger partial charge on any atom is 0.181 e. The molecule has 16 heavy (non-hydrogen) atoms. The van der Waals surface area contributed by atoms with Gasteiger partial charge in [-0.05, 0) is 19.1 Å². The van der Waals surface area contributed by atoms with Gasteiger partial charge in [-0.3, -0.25) is 0 Å². The Bertz CT molecular complexity index is 492. The van der Waals surface area contributed by atoms with E-state index in [2.05, 4.69) is 4.98 Å². The summed E-state index contributed by atoms with van der Waals surface area (Å²) in [5.41, 5.74) is 8.39. The Balaban J connectivity index is 2.58. The third kappa shape index (κ3) is 1.79. The average molecular weight is 218 g/mol. The van der Waals surface area contributed by atoms with Crippen molar-refractivity contribution in [2.75, 3.05) is 7.11 Å². The van der Waals surface area contributed by atoms with E-state index in [1.165, 1.54) is 6.39 Å². The van der Waals surface area contributed by atoms with Crippen molar-refractivity contribution in [3.05, 3.63) is 35.9 Å². The van der Waals surface area contributed by atoms with Crippen molar-refractivity contribution in [3.63, 3.8) is 0 Å². The lowest BCUT2D eigenvalue weighted by Gasteiger charge is -2.07. The predicted molar refractivity (Wildman–Crippen MR) is 61.1 cm³/mol. The lowest BCUT2D eigenvalue weighted by Crippen LogP contribution is -1.98. The fourth-order valence-corrected chi connectivity index (χ4v) is 1.64. The lowest BCUT2D eigenvalue weighted by molar-refractivity contribution is 0.416. The molecular formula is C12H14N2O2. The van der Waals surface area contributed by atoms with Crippen molar-refractivity contribution in [2.45, 2.75) is 13.5 Å². The highest BCUT2D eigenvalue weighted by Gasteiger charge is 2.13. The highest BCUT2D eigenvalue weighted by atomic mass is 16.5. The smallest absolute Gasteiger partial charge is 0.181 e. The van der Waals surface area contributed by atoms with Crippen molar-refractivity contribution >= 4 is 0 Å². The van der Waals surface area contributed by atoms with Crippen molar-refractivity contribution in [1.82, 2.24) is 4.98 Å². The van der Waals surface area contributed by atoms with E-state index in [1.807, 2.05) is 25.1 Å². The topological polar surface area (TPSA) is 61.3 Å². The standard InChI is InChI=1S/C12H14N2O2/c1-8-3-4-10(15-2)9(5-8)12-11(6-13)16-7-14-12/h3-5,7H,6,13H2,1-2H3. The van der Waals surface area contributed by atoms with E-state index in [4.69, 9.17) is 14.9 Å². The molecule has 84 valence electrons. The Morgan fingerprint density at radius 1 is 1.44 bits per heavy atom. The summed E-state index contributed by atoms with van der Waals surface area (Å²) in [6, 6.07) is 5.92. The van der Waals surface area contributed by atoms with E-state index in [0.717, 1.165) is 22.6 Å². The number of rotatable bonds is 3. The summed E-state index contributed by atoms with van der Waals surface area (Å²) in [5, 5.41) is 0.